The minimum absolute atomic E-state index is 0.563. The van der Waals surface area contributed by atoms with Crippen molar-refractivity contribution in [3.05, 3.63) is 81.3 Å². The molecule has 0 fully saturated rings. The van der Waals surface area contributed by atoms with E-state index in [1.165, 1.54) is 16.0 Å². The lowest BCUT2D eigenvalue weighted by atomic mass is 9.97. The molecule has 0 saturated heterocycles. The normalized spacial score (nSPS) is 15.2. The predicted molar refractivity (Wildman–Crippen MR) is 108 cm³/mol. The molecule has 132 valence electrons. The fourth-order valence-electron chi connectivity index (χ4n) is 3.26. The Morgan fingerprint density at radius 2 is 1.96 bits per heavy atom. The summed E-state index contributed by atoms with van der Waals surface area (Å²) in [5, 5.41) is 0. The SMILES string of the molecule is CS(=O)(=O)Nc1cccc(/C=C2/c3ccccc3CCc3ncsc32)c1. The van der Waals surface area contributed by atoms with E-state index in [-0.39, 0.29) is 0 Å². The first-order chi connectivity index (χ1) is 12.5. The van der Waals surface area contributed by atoms with Crippen molar-refractivity contribution in [1.82, 2.24) is 4.98 Å². The molecule has 1 aliphatic carbocycles. The maximum Gasteiger partial charge on any atom is 0.229 e. The topological polar surface area (TPSA) is 59.1 Å². The van der Waals surface area contributed by atoms with Gasteiger partial charge in [-0.2, -0.15) is 0 Å². The summed E-state index contributed by atoms with van der Waals surface area (Å²) in [7, 11) is -3.30. The summed E-state index contributed by atoms with van der Waals surface area (Å²) in [4.78, 5) is 5.73. The molecule has 4 rings (SSSR count). The summed E-state index contributed by atoms with van der Waals surface area (Å²) in [6.45, 7) is 0. The molecule has 0 saturated carbocycles. The maximum atomic E-state index is 11.5. The van der Waals surface area contributed by atoms with E-state index in [2.05, 4.69) is 40.0 Å². The molecular weight excluding hydrogens is 364 g/mol. The van der Waals surface area contributed by atoms with Crippen LogP contribution in [0.25, 0.3) is 11.6 Å². The van der Waals surface area contributed by atoms with E-state index in [0.717, 1.165) is 35.9 Å². The smallest absolute Gasteiger partial charge is 0.229 e. The molecule has 26 heavy (non-hydrogen) atoms. The Morgan fingerprint density at radius 1 is 1.12 bits per heavy atom. The van der Waals surface area contributed by atoms with Crippen LogP contribution in [0.5, 0.6) is 0 Å². The predicted octanol–water partition coefficient (Wildman–Crippen LogP) is 4.20. The minimum atomic E-state index is -3.30. The van der Waals surface area contributed by atoms with E-state index in [1.54, 1.807) is 17.4 Å². The second-order valence-electron chi connectivity index (χ2n) is 6.34. The van der Waals surface area contributed by atoms with Crippen molar-refractivity contribution < 1.29 is 8.42 Å². The number of nitrogens with one attached hydrogen (secondary N) is 1. The zero-order chi connectivity index (χ0) is 18.1. The second-order valence-corrected chi connectivity index (χ2v) is 8.95. The molecule has 1 N–H and O–H groups in total. The molecule has 3 aromatic rings. The van der Waals surface area contributed by atoms with E-state index in [9.17, 15) is 8.42 Å². The monoisotopic (exact) mass is 382 g/mol. The van der Waals surface area contributed by atoms with E-state index in [4.69, 9.17) is 0 Å². The van der Waals surface area contributed by atoms with Gasteiger partial charge in [0.2, 0.25) is 10.0 Å². The fourth-order valence-corrected chi connectivity index (χ4v) is 4.69. The number of aromatic nitrogens is 1. The third-order valence-electron chi connectivity index (χ3n) is 4.33. The Bertz CT molecular complexity index is 1100. The van der Waals surface area contributed by atoms with E-state index < -0.39 is 10.0 Å². The van der Waals surface area contributed by atoms with Gasteiger partial charge in [-0.3, -0.25) is 4.72 Å². The van der Waals surface area contributed by atoms with Crippen LogP contribution < -0.4 is 4.72 Å². The van der Waals surface area contributed by atoms with Crippen molar-refractivity contribution in [3.8, 4) is 0 Å². The van der Waals surface area contributed by atoms with Gasteiger partial charge in [-0.1, -0.05) is 36.4 Å². The van der Waals surface area contributed by atoms with Crippen molar-refractivity contribution in [3.63, 3.8) is 0 Å². The molecule has 6 heteroatoms. The quantitative estimate of drug-likeness (QED) is 0.738. The number of thiazole rings is 1. The molecule has 1 aliphatic rings. The molecule has 0 radical (unpaired) electrons. The number of sulfonamides is 1. The third kappa shape index (κ3) is 3.57. The molecule has 0 unspecified atom stereocenters. The van der Waals surface area contributed by atoms with Gasteiger partial charge in [0.15, 0.2) is 0 Å². The van der Waals surface area contributed by atoms with Crippen LogP contribution >= 0.6 is 11.3 Å². The number of nitrogens with zero attached hydrogens (tertiary/aromatic N) is 1. The average Bonchev–Trinajstić information content (AvgIpc) is 3.00. The van der Waals surface area contributed by atoms with Gasteiger partial charge in [-0.15, -0.1) is 11.3 Å². The minimum Gasteiger partial charge on any atom is -0.284 e. The van der Waals surface area contributed by atoms with E-state index in [1.807, 2.05) is 23.7 Å². The number of benzene rings is 2. The lowest BCUT2D eigenvalue weighted by Gasteiger charge is -2.10. The Hall–Kier alpha value is -2.44. The van der Waals surface area contributed by atoms with Crippen molar-refractivity contribution in [2.24, 2.45) is 0 Å². The largest absolute Gasteiger partial charge is 0.284 e. The van der Waals surface area contributed by atoms with Crippen LogP contribution in [0.15, 0.2) is 54.0 Å². The van der Waals surface area contributed by atoms with Crippen LogP contribution in [-0.4, -0.2) is 19.7 Å². The van der Waals surface area contributed by atoms with Gasteiger partial charge >= 0.3 is 0 Å². The van der Waals surface area contributed by atoms with Crippen molar-refractivity contribution in [2.45, 2.75) is 12.8 Å². The van der Waals surface area contributed by atoms with Gasteiger partial charge in [0.25, 0.3) is 0 Å². The van der Waals surface area contributed by atoms with Gasteiger partial charge in [-0.25, -0.2) is 13.4 Å². The second kappa shape index (κ2) is 6.70. The first-order valence-electron chi connectivity index (χ1n) is 8.30. The zero-order valence-corrected chi connectivity index (χ0v) is 15.9. The van der Waals surface area contributed by atoms with Crippen molar-refractivity contribution in [1.29, 1.82) is 0 Å². The highest BCUT2D eigenvalue weighted by Gasteiger charge is 2.20. The first kappa shape index (κ1) is 17.0. The Kier molecular flexibility index (Phi) is 4.38. The van der Waals surface area contributed by atoms with Gasteiger partial charge in [0.1, 0.15) is 0 Å². The molecule has 1 heterocycles. The zero-order valence-electron chi connectivity index (χ0n) is 14.3. The summed E-state index contributed by atoms with van der Waals surface area (Å²) >= 11 is 1.65. The molecule has 0 spiro atoms. The van der Waals surface area contributed by atoms with Gasteiger partial charge in [0.05, 0.1) is 22.3 Å². The maximum absolute atomic E-state index is 11.5. The molecular formula is C20H18N2O2S2. The van der Waals surface area contributed by atoms with Crippen molar-refractivity contribution in [2.75, 3.05) is 11.0 Å². The molecule has 1 aromatic heterocycles. The lowest BCUT2D eigenvalue weighted by molar-refractivity contribution is 0.607. The number of hydrogen-bond donors (Lipinski definition) is 1. The van der Waals surface area contributed by atoms with Crippen LogP contribution in [0, 0.1) is 0 Å². The number of hydrogen-bond acceptors (Lipinski definition) is 4. The van der Waals surface area contributed by atoms with Gasteiger partial charge in [-0.05, 0) is 47.7 Å². The number of aryl methyl sites for hydroxylation is 2. The highest BCUT2D eigenvalue weighted by Crippen LogP contribution is 2.36. The van der Waals surface area contributed by atoms with Crippen LogP contribution in [0.3, 0.4) is 0 Å². The molecule has 0 bridgehead atoms. The van der Waals surface area contributed by atoms with Crippen LogP contribution in [0.4, 0.5) is 5.69 Å². The Morgan fingerprint density at radius 3 is 2.81 bits per heavy atom. The summed E-state index contributed by atoms with van der Waals surface area (Å²) in [5.74, 6) is 0. The third-order valence-corrected chi connectivity index (χ3v) is 5.83. The fraction of sp³-hybridized carbons (Fsp3) is 0.150. The molecule has 0 amide bonds. The highest BCUT2D eigenvalue weighted by atomic mass is 32.2. The standard InChI is InChI=1S/C20H18N2O2S2/c1-26(23,24)22-16-7-4-5-14(11-16)12-18-17-8-3-2-6-15(17)9-10-19-20(18)25-13-21-19/h2-8,11-13,22H,9-10H2,1H3/b18-12-. The van der Waals surface area contributed by atoms with Crippen LogP contribution in [0.1, 0.15) is 27.3 Å². The van der Waals surface area contributed by atoms with Gasteiger partial charge in [0, 0.05) is 11.3 Å². The number of anilines is 1. The van der Waals surface area contributed by atoms with Crippen LogP contribution in [-0.2, 0) is 22.9 Å². The highest BCUT2D eigenvalue weighted by molar-refractivity contribution is 7.92. The first-order valence-corrected chi connectivity index (χ1v) is 11.1. The van der Waals surface area contributed by atoms with Gasteiger partial charge < -0.3 is 0 Å². The summed E-state index contributed by atoms with van der Waals surface area (Å²) in [5.41, 5.74) is 8.22. The lowest BCUT2D eigenvalue weighted by Crippen LogP contribution is -2.09. The summed E-state index contributed by atoms with van der Waals surface area (Å²) < 4.78 is 25.6. The molecule has 2 aromatic carbocycles. The molecule has 0 atom stereocenters. The summed E-state index contributed by atoms with van der Waals surface area (Å²) in [6, 6.07) is 15.9. The molecule has 0 aliphatic heterocycles. The number of fused-ring (bicyclic) bond motifs is 2. The molecule has 4 nitrogen and oxygen atoms in total. The number of rotatable bonds is 3. The average molecular weight is 383 g/mol. The summed E-state index contributed by atoms with van der Waals surface area (Å²) in [6.07, 6.45) is 5.18. The Balaban J connectivity index is 1.84. The Labute approximate surface area is 157 Å². The van der Waals surface area contributed by atoms with E-state index in [0.29, 0.717) is 5.69 Å². The van der Waals surface area contributed by atoms with E-state index >= 15 is 0 Å². The van der Waals surface area contributed by atoms with Crippen LogP contribution in [0.2, 0.25) is 0 Å². The van der Waals surface area contributed by atoms with Crippen molar-refractivity contribution >= 4 is 38.7 Å².